The van der Waals surface area contributed by atoms with Gasteiger partial charge in [-0.1, -0.05) is 44.4 Å². The molecule has 132 valence electrons. The molecule has 1 aromatic rings. The molecule has 2 N–H and O–H groups in total. The Kier molecular flexibility index (Phi) is 12.1. The van der Waals surface area contributed by atoms with Crippen molar-refractivity contribution in [2.45, 2.75) is 37.5 Å². The lowest BCUT2D eigenvalue weighted by atomic mass is 10.2. The lowest BCUT2D eigenvalue weighted by molar-refractivity contribution is 0.594. The Labute approximate surface area is 157 Å². The maximum atomic E-state index is 12.1. The molecule has 1 aromatic carbocycles. The zero-order valence-electron chi connectivity index (χ0n) is 13.9. The zero-order valence-corrected chi connectivity index (χ0v) is 17.1. The lowest BCUT2D eigenvalue weighted by Crippen LogP contribution is -2.39. The Morgan fingerprint density at radius 3 is 2.30 bits per heavy atom. The molecule has 0 atom stereocenters. The summed E-state index contributed by atoms with van der Waals surface area (Å²) in [6.45, 7) is 3.37. The fourth-order valence-electron chi connectivity index (χ4n) is 2.03. The maximum absolute atomic E-state index is 12.1. The fraction of sp³-hybridized carbons (Fsp3) is 0.562. The summed E-state index contributed by atoms with van der Waals surface area (Å²) in [6, 6.07) is 8.52. The van der Waals surface area contributed by atoms with E-state index in [1.807, 2.05) is 6.07 Å². The van der Waals surface area contributed by atoms with Crippen LogP contribution in [0.2, 0.25) is 0 Å². The fourth-order valence-corrected chi connectivity index (χ4v) is 3.21. The van der Waals surface area contributed by atoms with Crippen LogP contribution < -0.4 is 10.6 Å². The quantitative estimate of drug-likeness (QED) is 0.261. The molecule has 0 bridgehead atoms. The van der Waals surface area contributed by atoms with Crippen molar-refractivity contribution in [3.8, 4) is 0 Å². The largest absolute Gasteiger partial charge is 0.356 e. The van der Waals surface area contributed by atoms with Crippen molar-refractivity contribution in [2.75, 3.05) is 25.9 Å². The van der Waals surface area contributed by atoms with Crippen molar-refractivity contribution in [1.82, 2.24) is 10.6 Å². The second kappa shape index (κ2) is 12.6. The SMILES string of the molecule is CCCCCCNC(=NC)NCCS(=O)(=O)c1ccccc1.I. The van der Waals surface area contributed by atoms with Crippen LogP contribution in [0.5, 0.6) is 0 Å². The average Bonchev–Trinajstić information content (AvgIpc) is 2.53. The van der Waals surface area contributed by atoms with E-state index in [4.69, 9.17) is 0 Å². The number of guanidine groups is 1. The van der Waals surface area contributed by atoms with Crippen molar-refractivity contribution in [3.63, 3.8) is 0 Å². The van der Waals surface area contributed by atoms with E-state index in [0.717, 1.165) is 13.0 Å². The van der Waals surface area contributed by atoms with E-state index < -0.39 is 9.84 Å². The van der Waals surface area contributed by atoms with E-state index >= 15 is 0 Å². The molecule has 0 radical (unpaired) electrons. The maximum Gasteiger partial charge on any atom is 0.191 e. The van der Waals surface area contributed by atoms with E-state index in [0.29, 0.717) is 17.4 Å². The third kappa shape index (κ3) is 9.14. The number of aliphatic imine (C=N–C) groups is 1. The van der Waals surface area contributed by atoms with Gasteiger partial charge >= 0.3 is 0 Å². The van der Waals surface area contributed by atoms with Crippen LogP contribution in [0.4, 0.5) is 0 Å². The predicted octanol–water partition coefficient (Wildman–Crippen LogP) is 2.82. The van der Waals surface area contributed by atoms with Gasteiger partial charge in [0.1, 0.15) is 0 Å². The van der Waals surface area contributed by atoms with Crippen LogP contribution in [-0.4, -0.2) is 40.3 Å². The molecule has 7 heteroatoms. The van der Waals surface area contributed by atoms with Crippen molar-refractivity contribution in [2.24, 2.45) is 4.99 Å². The van der Waals surface area contributed by atoms with Gasteiger partial charge in [-0.25, -0.2) is 8.42 Å². The highest BCUT2D eigenvalue weighted by Crippen LogP contribution is 2.09. The molecule has 0 aliphatic carbocycles. The van der Waals surface area contributed by atoms with Crippen molar-refractivity contribution < 1.29 is 8.42 Å². The highest BCUT2D eigenvalue weighted by atomic mass is 127. The normalized spacial score (nSPS) is 11.7. The summed E-state index contributed by atoms with van der Waals surface area (Å²) in [5.74, 6) is 0.702. The Morgan fingerprint density at radius 1 is 1.04 bits per heavy atom. The minimum atomic E-state index is -3.24. The molecular weight excluding hydrogens is 425 g/mol. The third-order valence-corrected chi connectivity index (χ3v) is 5.04. The number of nitrogens with one attached hydrogen (secondary N) is 2. The van der Waals surface area contributed by atoms with Crippen LogP contribution in [0.25, 0.3) is 0 Å². The van der Waals surface area contributed by atoms with Gasteiger partial charge in [-0.05, 0) is 18.6 Å². The van der Waals surface area contributed by atoms with Gasteiger partial charge in [0, 0.05) is 20.1 Å². The van der Waals surface area contributed by atoms with E-state index in [1.54, 1.807) is 31.3 Å². The Morgan fingerprint density at radius 2 is 1.70 bits per heavy atom. The minimum absolute atomic E-state index is 0. The second-order valence-corrected chi connectivity index (χ2v) is 7.23. The van der Waals surface area contributed by atoms with Gasteiger partial charge in [-0.15, -0.1) is 24.0 Å². The number of rotatable bonds is 9. The molecule has 0 unspecified atom stereocenters. The number of hydrogen-bond acceptors (Lipinski definition) is 3. The smallest absolute Gasteiger partial charge is 0.191 e. The van der Waals surface area contributed by atoms with Crippen molar-refractivity contribution >= 4 is 39.8 Å². The molecule has 0 saturated heterocycles. The number of unbranched alkanes of at least 4 members (excludes halogenated alkanes) is 3. The number of hydrogen-bond donors (Lipinski definition) is 2. The summed E-state index contributed by atoms with van der Waals surface area (Å²) in [5, 5.41) is 6.24. The number of halogens is 1. The molecule has 0 amide bonds. The molecular formula is C16H28IN3O2S. The molecule has 0 aliphatic heterocycles. The van der Waals surface area contributed by atoms with E-state index in [9.17, 15) is 8.42 Å². The van der Waals surface area contributed by atoms with E-state index in [2.05, 4.69) is 22.5 Å². The van der Waals surface area contributed by atoms with Crippen LogP contribution >= 0.6 is 24.0 Å². The van der Waals surface area contributed by atoms with Gasteiger partial charge in [-0.3, -0.25) is 4.99 Å². The molecule has 23 heavy (non-hydrogen) atoms. The minimum Gasteiger partial charge on any atom is -0.356 e. The van der Waals surface area contributed by atoms with Gasteiger partial charge in [0.15, 0.2) is 15.8 Å². The number of benzene rings is 1. The Bertz CT molecular complexity index is 548. The molecule has 0 aromatic heterocycles. The van der Waals surface area contributed by atoms with Gasteiger partial charge in [0.25, 0.3) is 0 Å². The van der Waals surface area contributed by atoms with Crippen LogP contribution in [-0.2, 0) is 9.84 Å². The van der Waals surface area contributed by atoms with Gasteiger partial charge in [0.2, 0.25) is 0 Å². The standard InChI is InChI=1S/C16H27N3O2S.HI/c1-3-4-5-9-12-18-16(17-2)19-13-14-22(20,21)15-10-7-6-8-11-15;/h6-8,10-11H,3-5,9,12-14H2,1-2H3,(H2,17,18,19);1H. The Balaban J connectivity index is 0.00000484. The molecule has 5 nitrogen and oxygen atoms in total. The summed E-state index contributed by atoms with van der Waals surface area (Å²) < 4.78 is 24.3. The molecule has 0 spiro atoms. The van der Waals surface area contributed by atoms with Gasteiger partial charge in [-0.2, -0.15) is 0 Å². The molecule has 0 aliphatic rings. The lowest BCUT2D eigenvalue weighted by Gasteiger charge is -2.12. The van der Waals surface area contributed by atoms with Crippen molar-refractivity contribution in [1.29, 1.82) is 0 Å². The van der Waals surface area contributed by atoms with Gasteiger partial charge < -0.3 is 10.6 Å². The highest BCUT2D eigenvalue weighted by molar-refractivity contribution is 14.0. The predicted molar refractivity (Wildman–Crippen MR) is 107 cm³/mol. The molecule has 1 rings (SSSR count). The number of nitrogens with zero attached hydrogens (tertiary/aromatic N) is 1. The molecule has 0 saturated carbocycles. The third-order valence-electron chi connectivity index (χ3n) is 3.31. The zero-order chi connectivity index (χ0) is 16.3. The second-order valence-electron chi connectivity index (χ2n) is 5.12. The van der Waals surface area contributed by atoms with Crippen LogP contribution in [0, 0.1) is 0 Å². The Hall–Kier alpha value is -0.830. The summed E-state index contributed by atoms with van der Waals surface area (Å²) in [5.41, 5.74) is 0. The van der Waals surface area contributed by atoms with Gasteiger partial charge in [0.05, 0.1) is 10.6 Å². The summed E-state index contributed by atoms with van der Waals surface area (Å²) >= 11 is 0. The highest BCUT2D eigenvalue weighted by Gasteiger charge is 2.13. The topological polar surface area (TPSA) is 70.6 Å². The first-order valence-electron chi connectivity index (χ1n) is 7.82. The van der Waals surface area contributed by atoms with Crippen LogP contribution in [0.15, 0.2) is 40.2 Å². The van der Waals surface area contributed by atoms with E-state index in [-0.39, 0.29) is 29.7 Å². The average molecular weight is 453 g/mol. The van der Waals surface area contributed by atoms with Crippen molar-refractivity contribution in [3.05, 3.63) is 30.3 Å². The molecule has 0 fully saturated rings. The number of sulfone groups is 1. The van der Waals surface area contributed by atoms with Crippen LogP contribution in [0.1, 0.15) is 32.6 Å². The summed E-state index contributed by atoms with van der Waals surface area (Å²) in [7, 11) is -1.55. The summed E-state index contributed by atoms with van der Waals surface area (Å²) in [6.07, 6.45) is 4.74. The first-order valence-corrected chi connectivity index (χ1v) is 9.47. The summed E-state index contributed by atoms with van der Waals surface area (Å²) in [4.78, 5) is 4.46. The van der Waals surface area contributed by atoms with E-state index in [1.165, 1.54) is 19.3 Å². The monoisotopic (exact) mass is 453 g/mol. The first kappa shape index (κ1) is 22.2. The molecule has 0 heterocycles. The van der Waals surface area contributed by atoms with Crippen LogP contribution in [0.3, 0.4) is 0 Å². The first-order chi connectivity index (χ1) is 10.6.